The molecule has 1 aromatic carbocycles. The number of hydrogen-bond acceptors (Lipinski definition) is 2. The SMILES string of the molecule is CN1C=NCc2ccccc2C1. The number of aliphatic imine (C=N–C) groups is 1. The lowest BCUT2D eigenvalue weighted by Crippen LogP contribution is -2.14. The van der Waals surface area contributed by atoms with Crippen molar-refractivity contribution in [3.63, 3.8) is 0 Å². The van der Waals surface area contributed by atoms with E-state index in [0.717, 1.165) is 13.1 Å². The third-order valence-corrected chi connectivity index (χ3v) is 2.08. The van der Waals surface area contributed by atoms with Gasteiger partial charge in [0.2, 0.25) is 0 Å². The highest BCUT2D eigenvalue weighted by molar-refractivity contribution is 5.56. The van der Waals surface area contributed by atoms with Crippen molar-refractivity contribution in [1.82, 2.24) is 4.90 Å². The van der Waals surface area contributed by atoms with Gasteiger partial charge in [0, 0.05) is 13.6 Å². The Morgan fingerprint density at radius 3 is 2.83 bits per heavy atom. The molecule has 1 aromatic rings. The average molecular weight is 160 g/mol. The first-order valence-electron chi connectivity index (χ1n) is 4.13. The van der Waals surface area contributed by atoms with Crippen LogP contribution in [0.1, 0.15) is 11.1 Å². The molecule has 0 atom stereocenters. The Labute approximate surface area is 72.5 Å². The summed E-state index contributed by atoms with van der Waals surface area (Å²) in [5.41, 5.74) is 2.73. The van der Waals surface area contributed by atoms with Gasteiger partial charge < -0.3 is 4.90 Å². The summed E-state index contributed by atoms with van der Waals surface area (Å²) in [6, 6.07) is 8.46. The van der Waals surface area contributed by atoms with Gasteiger partial charge in [-0.1, -0.05) is 24.3 Å². The van der Waals surface area contributed by atoms with Crippen LogP contribution in [0.5, 0.6) is 0 Å². The van der Waals surface area contributed by atoms with E-state index < -0.39 is 0 Å². The Hall–Kier alpha value is -1.31. The molecular weight excluding hydrogens is 148 g/mol. The van der Waals surface area contributed by atoms with Crippen molar-refractivity contribution in [3.8, 4) is 0 Å². The number of hydrogen-bond donors (Lipinski definition) is 0. The Morgan fingerprint density at radius 2 is 2.00 bits per heavy atom. The van der Waals surface area contributed by atoms with E-state index in [0.29, 0.717) is 0 Å². The third-order valence-electron chi connectivity index (χ3n) is 2.08. The number of benzene rings is 1. The van der Waals surface area contributed by atoms with E-state index in [2.05, 4.69) is 34.2 Å². The molecule has 1 aliphatic rings. The van der Waals surface area contributed by atoms with Crippen LogP contribution < -0.4 is 0 Å². The molecule has 1 heterocycles. The first-order chi connectivity index (χ1) is 5.86. The molecule has 1 aliphatic heterocycles. The summed E-state index contributed by atoms with van der Waals surface area (Å²) in [6.07, 6.45) is 1.90. The molecule has 2 heteroatoms. The van der Waals surface area contributed by atoms with Crippen molar-refractivity contribution in [3.05, 3.63) is 35.4 Å². The van der Waals surface area contributed by atoms with Crippen molar-refractivity contribution >= 4 is 6.34 Å². The Balaban J connectivity index is 2.38. The standard InChI is InChI=1S/C10H12N2/c1-12-7-10-5-3-2-4-9(10)6-11-8-12/h2-5,8H,6-7H2,1H3. The van der Waals surface area contributed by atoms with Gasteiger partial charge in [0.15, 0.2) is 0 Å². The molecule has 0 saturated carbocycles. The largest absolute Gasteiger partial charge is 0.362 e. The molecule has 0 unspecified atom stereocenters. The quantitative estimate of drug-likeness (QED) is 0.563. The third kappa shape index (κ3) is 1.33. The Morgan fingerprint density at radius 1 is 1.25 bits per heavy atom. The van der Waals surface area contributed by atoms with Crippen LogP contribution in [0.3, 0.4) is 0 Å². The lowest BCUT2D eigenvalue weighted by Gasteiger charge is -2.11. The van der Waals surface area contributed by atoms with Gasteiger partial charge in [0.1, 0.15) is 0 Å². The molecule has 0 bridgehead atoms. The number of nitrogens with zero attached hydrogens (tertiary/aromatic N) is 2. The fourth-order valence-corrected chi connectivity index (χ4v) is 1.45. The zero-order chi connectivity index (χ0) is 8.39. The highest BCUT2D eigenvalue weighted by Crippen LogP contribution is 2.13. The maximum absolute atomic E-state index is 4.29. The first-order valence-corrected chi connectivity index (χ1v) is 4.13. The van der Waals surface area contributed by atoms with Crippen LogP contribution in [-0.4, -0.2) is 18.3 Å². The second kappa shape index (κ2) is 2.97. The van der Waals surface area contributed by atoms with Crippen LogP contribution in [-0.2, 0) is 13.1 Å². The minimum Gasteiger partial charge on any atom is -0.362 e. The maximum atomic E-state index is 4.29. The molecule has 0 amide bonds. The Bertz CT molecular complexity index is 304. The molecule has 2 nitrogen and oxygen atoms in total. The number of fused-ring (bicyclic) bond motifs is 1. The van der Waals surface area contributed by atoms with E-state index in [4.69, 9.17) is 0 Å². The van der Waals surface area contributed by atoms with E-state index in [-0.39, 0.29) is 0 Å². The highest BCUT2D eigenvalue weighted by Gasteiger charge is 2.05. The lowest BCUT2D eigenvalue weighted by atomic mass is 10.1. The van der Waals surface area contributed by atoms with E-state index in [1.54, 1.807) is 0 Å². The summed E-state index contributed by atoms with van der Waals surface area (Å²) >= 11 is 0. The molecule has 0 N–H and O–H groups in total. The summed E-state index contributed by atoms with van der Waals surface area (Å²) in [6.45, 7) is 1.79. The van der Waals surface area contributed by atoms with Crippen LogP contribution in [0.2, 0.25) is 0 Å². The molecular formula is C10H12N2. The van der Waals surface area contributed by atoms with Crippen molar-refractivity contribution in [1.29, 1.82) is 0 Å². The molecule has 0 fully saturated rings. The van der Waals surface area contributed by atoms with Crippen LogP contribution in [0.15, 0.2) is 29.3 Å². The van der Waals surface area contributed by atoms with Crippen LogP contribution >= 0.6 is 0 Å². The van der Waals surface area contributed by atoms with E-state index in [1.165, 1.54) is 11.1 Å². The minimum absolute atomic E-state index is 0.820. The summed E-state index contributed by atoms with van der Waals surface area (Å²) in [7, 11) is 2.05. The summed E-state index contributed by atoms with van der Waals surface area (Å²) in [5, 5.41) is 0. The van der Waals surface area contributed by atoms with Gasteiger partial charge in [0.25, 0.3) is 0 Å². The molecule has 0 radical (unpaired) electrons. The monoisotopic (exact) mass is 160 g/mol. The molecule has 2 rings (SSSR count). The molecule has 0 aliphatic carbocycles. The predicted octanol–water partition coefficient (Wildman–Crippen LogP) is 1.66. The summed E-state index contributed by atoms with van der Waals surface area (Å²) < 4.78 is 0. The van der Waals surface area contributed by atoms with E-state index in [1.807, 2.05) is 13.4 Å². The zero-order valence-electron chi connectivity index (χ0n) is 7.20. The maximum Gasteiger partial charge on any atom is 0.0854 e. The van der Waals surface area contributed by atoms with E-state index >= 15 is 0 Å². The number of rotatable bonds is 0. The molecule has 12 heavy (non-hydrogen) atoms. The van der Waals surface area contributed by atoms with Gasteiger partial charge in [0.05, 0.1) is 12.9 Å². The van der Waals surface area contributed by atoms with Gasteiger partial charge in [-0.15, -0.1) is 0 Å². The van der Waals surface area contributed by atoms with Crippen molar-refractivity contribution < 1.29 is 0 Å². The van der Waals surface area contributed by atoms with Crippen LogP contribution in [0.25, 0.3) is 0 Å². The van der Waals surface area contributed by atoms with Crippen molar-refractivity contribution in [2.45, 2.75) is 13.1 Å². The fraction of sp³-hybridized carbons (Fsp3) is 0.300. The van der Waals surface area contributed by atoms with Gasteiger partial charge in [-0.05, 0) is 11.1 Å². The first kappa shape index (κ1) is 7.35. The van der Waals surface area contributed by atoms with E-state index in [9.17, 15) is 0 Å². The van der Waals surface area contributed by atoms with Crippen LogP contribution in [0.4, 0.5) is 0 Å². The molecule has 0 spiro atoms. The van der Waals surface area contributed by atoms with Gasteiger partial charge in [-0.3, -0.25) is 4.99 Å². The van der Waals surface area contributed by atoms with Gasteiger partial charge in [-0.2, -0.15) is 0 Å². The minimum atomic E-state index is 0.820. The predicted molar refractivity (Wildman–Crippen MR) is 50.1 cm³/mol. The van der Waals surface area contributed by atoms with Gasteiger partial charge >= 0.3 is 0 Å². The highest BCUT2D eigenvalue weighted by atomic mass is 15.1. The second-order valence-corrected chi connectivity index (χ2v) is 3.14. The van der Waals surface area contributed by atoms with Crippen molar-refractivity contribution in [2.24, 2.45) is 4.99 Å². The normalized spacial score (nSPS) is 15.6. The molecule has 0 saturated heterocycles. The van der Waals surface area contributed by atoms with Crippen molar-refractivity contribution in [2.75, 3.05) is 7.05 Å². The zero-order valence-corrected chi connectivity index (χ0v) is 7.20. The topological polar surface area (TPSA) is 15.6 Å². The second-order valence-electron chi connectivity index (χ2n) is 3.14. The smallest absolute Gasteiger partial charge is 0.0854 e. The summed E-state index contributed by atoms with van der Waals surface area (Å²) in [4.78, 5) is 6.40. The average Bonchev–Trinajstić information content (AvgIpc) is 2.25. The van der Waals surface area contributed by atoms with Gasteiger partial charge in [-0.25, -0.2) is 0 Å². The molecule has 62 valence electrons. The summed E-state index contributed by atoms with van der Waals surface area (Å²) in [5.74, 6) is 0. The Kier molecular flexibility index (Phi) is 1.82. The molecule has 0 aromatic heterocycles. The van der Waals surface area contributed by atoms with Crippen LogP contribution in [0, 0.1) is 0 Å². The lowest BCUT2D eigenvalue weighted by molar-refractivity contribution is 0.518. The fourth-order valence-electron chi connectivity index (χ4n) is 1.45.